The molecule has 0 bridgehead atoms. The molecule has 3 heterocycles. The molecule has 0 amide bonds. The van der Waals surface area contributed by atoms with Crippen molar-refractivity contribution in [1.29, 1.82) is 0 Å². The maximum atomic E-state index is 12.7. The lowest BCUT2D eigenvalue weighted by Gasteiger charge is -2.10. The highest BCUT2D eigenvalue weighted by Crippen LogP contribution is 2.29. The topological polar surface area (TPSA) is 82.7 Å². The summed E-state index contributed by atoms with van der Waals surface area (Å²) in [6.07, 6.45) is -0.412. The van der Waals surface area contributed by atoms with Crippen LogP contribution >= 0.6 is 0 Å². The summed E-state index contributed by atoms with van der Waals surface area (Å²) in [5.74, 6) is 1.19. The molecule has 0 aliphatic rings. The number of anilines is 1. The molecule has 0 fully saturated rings. The molecule has 0 saturated heterocycles. The van der Waals surface area contributed by atoms with Gasteiger partial charge in [-0.2, -0.15) is 18.3 Å². The summed E-state index contributed by atoms with van der Waals surface area (Å²) in [4.78, 5) is 12.0. The average molecular weight is 508 g/mol. The van der Waals surface area contributed by atoms with E-state index in [4.69, 9.17) is 9.72 Å². The van der Waals surface area contributed by atoms with Gasteiger partial charge in [-0.05, 0) is 48.4 Å². The fourth-order valence-electron chi connectivity index (χ4n) is 3.98. The third-order valence-electron chi connectivity index (χ3n) is 5.82. The normalized spacial score (nSPS) is 11.7. The Labute approximate surface area is 210 Å². The first-order valence-corrected chi connectivity index (χ1v) is 11.7. The Morgan fingerprint density at radius 3 is 2.35 bits per heavy atom. The van der Waals surface area contributed by atoms with Crippen LogP contribution in [0.5, 0.6) is 11.8 Å². The summed E-state index contributed by atoms with van der Waals surface area (Å²) in [5, 5.41) is 7.86. The van der Waals surface area contributed by atoms with Gasteiger partial charge in [-0.15, -0.1) is 0 Å². The van der Waals surface area contributed by atoms with Gasteiger partial charge in [0.25, 0.3) is 0 Å². The number of benzene rings is 2. The number of fused-ring (bicyclic) bond motifs is 1. The molecule has 11 heteroatoms. The summed E-state index contributed by atoms with van der Waals surface area (Å²) < 4.78 is 47.4. The Morgan fingerprint density at radius 1 is 0.973 bits per heavy atom. The number of alkyl halides is 3. The van der Waals surface area contributed by atoms with Crippen molar-refractivity contribution in [1.82, 2.24) is 29.3 Å². The Morgan fingerprint density at radius 2 is 1.70 bits per heavy atom. The van der Waals surface area contributed by atoms with Crippen molar-refractivity contribution < 1.29 is 17.9 Å². The van der Waals surface area contributed by atoms with Gasteiger partial charge in [0.1, 0.15) is 5.75 Å². The predicted octanol–water partition coefficient (Wildman–Crippen LogP) is 5.59. The molecule has 5 aromatic rings. The molecule has 0 aliphatic carbocycles. The van der Waals surface area contributed by atoms with E-state index in [9.17, 15) is 13.2 Å². The van der Waals surface area contributed by atoms with E-state index in [-0.39, 0.29) is 6.01 Å². The van der Waals surface area contributed by atoms with Crippen LogP contribution in [0.3, 0.4) is 0 Å². The number of ether oxygens (including phenoxy) is 1. The van der Waals surface area contributed by atoms with E-state index in [1.54, 1.807) is 16.8 Å². The zero-order valence-corrected chi connectivity index (χ0v) is 20.2. The first-order valence-electron chi connectivity index (χ1n) is 11.7. The smallest absolute Gasteiger partial charge is 0.419 e. The SMILES string of the molecule is CCn1c(NCc2ccc(Oc3ncc(C(F)(F)F)cn3)cc2)nc2ccc(Cc3ccn(C)n3)cc21. The predicted molar refractivity (Wildman–Crippen MR) is 132 cm³/mol. The Bertz CT molecular complexity index is 1510. The molecule has 0 saturated carbocycles. The van der Waals surface area contributed by atoms with Crippen LogP contribution in [-0.4, -0.2) is 29.3 Å². The van der Waals surface area contributed by atoms with E-state index in [0.717, 1.165) is 41.2 Å². The Hall–Kier alpha value is -4.41. The number of hydrogen-bond acceptors (Lipinski definition) is 6. The Balaban J connectivity index is 1.25. The van der Waals surface area contributed by atoms with Gasteiger partial charge in [0, 0.05) is 45.1 Å². The molecule has 0 aliphatic heterocycles. The van der Waals surface area contributed by atoms with Crippen LogP contribution in [0.4, 0.5) is 19.1 Å². The second kappa shape index (κ2) is 9.92. The van der Waals surface area contributed by atoms with Gasteiger partial charge in [0.15, 0.2) is 0 Å². The molecule has 190 valence electrons. The molecule has 0 radical (unpaired) electrons. The lowest BCUT2D eigenvalue weighted by Crippen LogP contribution is -2.07. The molecule has 2 aromatic carbocycles. The Kier molecular flexibility index (Phi) is 6.51. The van der Waals surface area contributed by atoms with Crippen molar-refractivity contribution in [3.8, 4) is 11.8 Å². The van der Waals surface area contributed by atoms with E-state index >= 15 is 0 Å². The van der Waals surface area contributed by atoms with Crippen LogP contribution < -0.4 is 10.1 Å². The van der Waals surface area contributed by atoms with Crippen molar-refractivity contribution in [2.45, 2.75) is 32.6 Å². The lowest BCUT2D eigenvalue weighted by atomic mass is 10.1. The molecular weight excluding hydrogens is 483 g/mol. The second-order valence-corrected chi connectivity index (χ2v) is 8.51. The third-order valence-corrected chi connectivity index (χ3v) is 5.82. The van der Waals surface area contributed by atoms with Gasteiger partial charge in [0.05, 0.1) is 22.3 Å². The van der Waals surface area contributed by atoms with Crippen molar-refractivity contribution in [2.24, 2.45) is 7.05 Å². The minimum Gasteiger partial charge on any atom is -0.424 e. The number of imidazole rings is 1. The molecule has 8 nitrogen and oxygen atoms in total. The first kappa shape index (κ1) is 24.3. The van der Waals surface area contributed by atoms with Gasteiger partial charge in [-0.1, -0.05) is 18.2 Å². The molecule has 37 heavy (non-hydrogen) atoms. The van der Waals surface area contributed by atoms with Gasteiger partial charge in [-0.3, -0.25) is 4.68 Å². The lowest BCUT2D eigenvalue weighted by molar-refractivity contribution is -0.138. The van der Waals surface area contributed by atoms with Crippen LogP contribution in [0.1, 0.15) is 29.3 Å². The minimum absolute atomic E-state index is 0.155. The molecule has 0 spiro atoms. The molecule has 0 atom stereocenters. The number of aromatic nitrogens is 6. The highest BCUT2D eigenvalue weighted by atomic mass is 19.4. The highest BCUT2D eigenvalue weighted by Gasteiger charge is 2.31. The van der Waals surface area contributed by atoms with Gasteiger partial charge < -0.3 is 14.6 Å². The molecule has 0 unspecified atom stereocenters. The second-order valence-electron chi connectivity index (χ2n) is 8.51. The monoisotopic (exact) mass is 507 g/mol. The molecule has 5 rings (SSSR count). The summed E-state index contributed by atoms with van der Waals surface area (Å²) in [6.45, 7) is 3.36. The van der Waals surface area contributed by atoms with Crippen LogP contribution in [-0.2, 0) is 32.7 Å². The zero-order chi connectivity index (χ0) is 26.0. The van der Waals surface area contributed by atoms with Crippen LogP contribution in [0.25, 0.3) is 11.0 Å². The van der Waals surface area contributed by atoms with Gasteiger partial charge in [-0.25, -0.2) is 15.0 Å². The number of aryl methyl sites for hydroxylation is 2. The largest absolute Gasteiger partial charge is 0.424 e. The number of halogens is 3. The van der Waals surface area contributed by atoms with Crippen molar-refractivity contribution >= 4 is 17.0 Å². The fourth-order valence-corrected chi connectivity index (χ4v) is 3.98. The standard InChI is InChI=1S/C26H24F3N7O/c1-3-36-23-13-18(12-20-10-11-35(2)34-20)6-9-22(23)33-24(36)30-14-17-4-7-21(8-5-17)37-25-31-15-19(16-32-25)26(27,28)29/h4-11,13,15-16H,3,12,14H2,1-2H3,(H,30,33). The van der Waals surface area contributed by atoms with E-state index in [1.807, 2.05) is 37.5 Å². The van der Waals surface area contributed by atoms with Gasteiger partial charge >= 0.3 is 12.2 Å². The van der Waals surface area contributed by atoms with E-state index in [2.05, 4.69) is 44.0 Å². The third kappa shape index (κ3) is 5.55. The van der Waals surface area contributed by atoms with Crippen LogP contribution in [0.15, 0.2) is 67.1 Å². The zero-order valence-electron chi connectivity index (χ0n) is 20.2. The molecule has 1 N–H and O–H groups in total. The van der Waals surface area contributed by atoms with Crippen LogP contribution in [0.2, 0.25) is 0 Å². The highest BCUT2D eigenvalue weighted by molar-refractivity contribution is 5.79. The van der Waals surface area contributed by atoms with Crippen LogP contribution in [0, 0.1) is 0 Å². The maximum Gasteiger partial charge on any atom is 0.419 e. The summed E-state index contributed by atoms with van der Waals surface area (Å²) in [7, 11) is 1.91. The fraction of sp³-hybridized carbons (Fsp3) is 0.231. The minimum atomic E-state index is -4.49. The molecule has 3 aromatic heterocycles. The number of nitrogens with one attached hydrogen (secondary N) is 1. The van der Waals surface area contributed by atoms with E-state index in [0.29, 0.717) is 24.7 Å². The van der Waals surface area contributed by atoms with Gasteiger partial charge in [0.2, 0.25) is 5.95 Å². The van der Waals surface area contributed by atoms with Crippen molar-refractivity contribution in [3.63, 3.8) is 0 Å². The van der Waals surface area contributed by atoms with E-state index in [1.165, 1.54) is 5.56 Å². The number of rotatable bonds is 8. The summed E-state index contributed by atoms with van der Waals surface area (Å²) >= 11 is 0. The van der Waals surface area contributed by atoms with Crippen molar-refractivity contribution in [3.05, 3.63) is 89.5 Å². The summed E-state index contributed by atoms with van der Waals surface area (Å²) in [5.41, 5.74) is 4.20. The maximum absolute atomic E-state index is 12.7. The summed E-state index contributed by atoms with van der Waals surface area (Å²) in [6, 6.07) is 15.3. The number of hydrogen-bond donors (Lipinski definition) is 1. The average Bonchev–Trinajstić information content (AvgIpc) is 3.45. The quantitative estimate of drug-likeness (QED) is 0.295. The first-order chi connectivity index (χ1) is 17.8. The van der Waals surface area contributed by atoms with Crippen molar-refractivity contribution in [2.75, 3.05) is 5.32 Å². The van der Waals surface area contributed by atoms with E-state index < -0.39 is 11.7 Å². The molecular formula is C26H24F3N7O. The number of nitrogens with zero attached hydrogens (tertiary/aromatic N) is 6.